The van der Waals surface area contributed by atoms with Gasteiger partial charge in [0.25, 0.3) is 0 Å². The molecule has 3 heterocycles. The van der Waals surface area contributed by atoms with Crippen molar-refractivity contribution >= 4 is 16.6 Å². The van der Waals surface area contributed by atoms with E-state index in [0.29, 0.717) is 6.04 Å². The van der Waals surface area contributed by atoms with Gasteiger partial charge in [0.05, 0.1) is 5.69 Å². The third kappa shape index (κ3) is 3.77. The molecule has 0 bridgehead atoms. The van der Waals surface area contributed by atoms with E-state index in [-0.39, 0.29) is 5.82 Å². The van der Waals surface area contributed by atoms with Crippen LogP contribution in [0.25, 0.3) is 10.8 Å². The van der Waals surface area contributed by atoms with E-state index in [4.69, 9.17) is 0 Å². The number of hydrogen-bond donors (Lipinski definition) is 1. The zero-order chi connectivity index (χ0) is 17.1. The molecule has 3 aromatic rings. The molecule has 1 saturated heterocycles. The highest BCUT2D eigenvalue weighted by molar-refractivity contribution is 5.91. The second-order valence-corrected chi connectivity index (χ2v) is 6.54. The van der Waals surface area contributed by atoms with Gasteiger partial charge >= 0.3 is 0 Å². The van der Waals surface area contributed by atoms with Crippen molar-refractivity contribution in [3.8, 4) is 0 Å². The molecule has 0 amide bonds. The predicted octanol–water partition coefficient (Wildman–Crippen LogP) is 3.85. The van der Waals surface area contributed by atoms with Crippen molar-refractivity contribution in [2.24, 2.45) is 0 Å². The Bertz CT molecular complexity index is 845. The molecule has 1 N–H and O–H groups in total. The van der Waals surface area contributed by atoms with E-state index in [9.17, 15) is 4.39 Å². The minimum atomic E-state index is -0.228. The van der Waals surface area contributed by atoms with E-state index in [2.05, 4.69) is 26.3 Å². The number of pyridine rings is 2. The summed E-state index contributed by atoms with van der Waals surface area (Å²) in [5, 5.41) is 5.37. The summed E-state index contributed by atoms with van der Waals surface area (Å²) in [6.07, 6.45) is 5.70. The highest BCUT2D eigenvalue weighted by atomic mass is 19.1. The molecule has 0 unspecified atom stereocenters. The number of rotatable bonds is 4. The topological polar surface area (TPSA) is 41.1 Å². The first-order valence-electron chi connectivity index (χ1n) is 8.71. The van der Waals surface area contributed by atoms with Crippen LogP contribution in [-0.2, 0) is 6.54 Å². The smallest absolute Gasteiger partial charge is 0.134 e. The largest absolute Gasteiger partial charge is 0.367 e. The molecular formula is C20H21FN4. The Morgan fingerprint density at radius 2 is 1.92 bits per heavy atom. The van der Waals surface area contributed by atoms with Gasteiger partial charge in [0, 0.05) is 43.5 Å². The van der Waals surface area contributed by atoms with Crippen molar-refractivity contribution < 1.29 is 4.39 Å². The normalized spacial score (nSPS) is 16.2. The fraction of sp³-hybridized carbons (Fsp3) is 0.300. The van der Waals surface area contributed by atoms with Crippen LogP contribution in [-0.4, -0.2) is 34.0 Å². The molecular weight excluding hydrogens is 315 g/mol. The fourth-order valence-electron chi connectivity index (χ4n) is 3.41. The Labute approximate surface area is 146 Å². The first kappa shape index (κ1) is 16.0. The molecule has 1 aliphatic rings. The fourth-order valence-corrected chi connectivity index (χ4v) is 3.41. The number of likely N-dealkylation sites (tertiary alicyclic amines) is 1. The molecule has 4 rings (SSSR count). The number of fused-ring (bicyclic) bond motifs is 1. The molecule has 0 aliphatic carbocycles. The first-order valence-corrected chi connectivity index (χ1v) is 8.71. The monoisotopic (exact) mass is 336 g/mol. The van der Waals surface area contributed by atoms with E-state index < -0.39 is 0 Å². The van der Waals surface area contributed by atoms with Gasteiger partial charge in [-0.2, -0.15) is 0 Å². The summed E-state index contributed by atoms with van der Waals surface area (Å²) in [6.45, 7) is 2.94. The summed E-state index contributed by atoms with van der Waals surface area (Å²) >= 11 is 0. The zero-order valence-corrected chi connectivity index (χ0v) is 14.0. The van der Waals surface area contributed by atoms with Crippen LogP contribution >= 0.6 is 0 Å². The molecule has 2 aromatic heterocycles. The molecule has 1 aliphatic heterocycles. The lowest BCUT2D eigenvalue weighted by molar-refractivity contribution is 0.209. The molecule has 25 heavy (non-hydrogen) atoms. The highest BCUT2D eigenvalue weighted by Gasteiger charge is 2.20. The lowest BCUT2D eigenvalue weighted by Crippen LogP contribution is -2.39. The molecule has 0 spiro atoms. The Morgan fingerprint density at radius 3 is 2.72 bits per heavy atom. The third-order valence-corrected chi connectivity index (χ3v) is 4.77. The summed E-state index contributed by atoms with van der Waals surface area (Å²) in [5.74, 6) is 0.550. The molecule has 0 radical (unpaired) electrons. The van der Waals surface area contributed by atoms with Gasteiger partial charge in [0.2, 0.25) is 0 Å². The third-order valence-electron chi connectivity index (χ3n) is 4.77. The maximum Gasteiger partial charge on any atom is 0.134 e. The van der Waals surface area contributed by atoms with Crippen molar-refractivity contribution in [3.05, 3.63) is 66.4 Å². The van der Waals surface area contributed by atoms with E-state index in [1.807, 2.05) is 24.4 Å². The van der Waals surface area contributed by atoms with Crippen LogP contribution < -0.4 is 5.32 Å². The highest BCUT2D eigenvalue weighted by Crippen LogP contribution is 2.24. The predicted molar refractivity (Wildman–Crippen MR) is 97.9 cm³/mol. The average molecular weight is 336 g/mol. The zero-order valence-electron chi connectivity index (χ0n) is 14.0. The second-order valence-electron chi connectivity index (χ2n) is 6.54. The average Bonchev–Trinajstić information content (AvgIpc) is 2.65. The van der Waals surface area contributed by atoms with Crippen LogP contribution in [0.3, 0.4) is 0 Å². The Kier molecular flexibility index (Phi) is 4.57. The quantitative estimate of drug-likeness (QED) is 0.786. The van der Waals surface area contributed by atoms with Gasteiger partial charge in [-0.05, 0) is 48.6 Å². The Hall–Kier alpha value is -2.53. The van der Waals surface area contributed by atoms with E-state index in [0.717, 1.165) is 54.8 Å². The number of hydrogen-bond acceptors (Lipinski definition) is 4. The molecule has 128 valence electrons. The molecule has 5 heteroatoms. The van der Waals surface area contributed by atoms with Gasteiger partial charge in [-0.3, -0.25) is 9.88 Å². The van der Waals surface area contributed by atoms with E-state index in [1.54, 1.807) is 18.3 Å². The number of nitrogens with one attached hydrogen (secondary N) is 1. The second kappa shape index (κ2) is 7.15. The maximum atomic E-state index is 13.6. The van der Waals surface area contributed by atoms with Crippen LogP contribution in [0.2, 0.25) is 0 Å². The van der Waals surface area contributed by atoms with Gasteiger partial charge in [-0.25, -0.2) is 9.37 Å². The van der Waals surface area contributed by atoms with Crippen molar-refractivity contribution in [2.75, 3.05) is 18.4 Å². The van der Waals surface area contributed by atoms with Crippen LogP contribution in [0.1, 0.15) is 18.5 Å². The van der Waals surface area contributed by atoms with Gasteiger partial charge in [-0.1, -0.05) is 12.1 Å². The number of halogens is 1. The molecule has 1 aromatic carbocycles. The van der Waals surface area contributed by atoms with Crippen LogP contribution in [0.4, 0.5) is 10.2 Å². The van der Waals surface area contributed by atoms with Crippen LogP contribution in [0, 0.1) is 5.82 Å². The summed E-state index contributed by atoms with van der Waals surface area (Å²) in [7, 11) is 0. The minimum absolute atomic E-state index is 0.228. The lowest BCUT2D eigenvalue weighted by Gasteiger charge is -2.32. The van der Waals surface area contributed by atoms with Gasteiger partial charge < -0.3 is 5.32 Å². The number of aromatic nitrogens is 2. The molecule has 0 saturated carbocycles. The summed E-state index contributed by atoms with van der Waals surface area (Å²) in [6, 6.07) is 13.2. The van der Waals surface area contributed by atoms with Gasteiger partial charge in [-0.15, -0.1) is 0 Å². The number of benzene rings is 1. The summed E-state index contributed by atoms with van der Waals surface area (Å²) < 4.78 is 13.6. The number of anilines is 1. The summed E-state index contributed by atoms with van der Waals surface area (Å²) in [4.78, 5) is 11.3. The van der Waals surface area contributed by atoms with Crippen LogP contribution in [0.5, 0.6) is 0 Å². The Morgan fingerprint density at radius 1 is 1.04 bits per heavy atom. The minimum Gasteiger partial charge on any atom is -0.367 e. The Balaban J connectivity index is 1.40. The SMILES string of the molecule is Fc1ccc2ccnc(NC3CCN(Cc4ccccn4)CC3)c2c1. The van der Waals surface area contributed by atoms with Crippen molar-refractivity contribution in [1.82, 2.24) is 14.9 Å². The van der Waals surface area contributed by atoms with Crippen molar-refractivity contribution in [2.45, 2.75) is 25.4 Å². The van der Waals surface area contributed by atoms with Gasteiger partial charge in [0.15, 0.2) is 0 Å². The van der Waals surface area contributed by atoms with E-state index >= 15 is 0 Å². The summed E-state index contributed by atoms with van der Waals surface area (Å²) in [5.41, 5.74) is 1.11. The van der Waals surface area contributed by atoms with Crippen molar-refractivity contribution in [3.63, 3.8) is 0 Å². The number of piperidine rings is 1. The maximum absolute atomic E-state index is 13.6. The van der Waals surface area contributed by atoms with Gasteiger partial charge in [0.1, 0.15) is 11.6 Å². The number of nitrogens with zero attached hydrogens (tertiary/aromatic N) is 3. The van der Waals surface area contributed by atoms with E-state index in [1.165, 1.54) is 6.07 Å². The lowest BCUT2D eigenvalue weighted by atomic mass is 10.0. The molecule has 0 atom stereocenters. The van der Waals surface area contributed by atoms with Crippen LogP contribution in [0.15, 0.2) is 54.9 Å². The molecule has 1 fully saturated rings. The first-order chi connectivity index (χ1) is 12.3. The molecule has 4 nitrogen and oxygen atoms in total. The van der Waals surface area contributed by atoms with Crippen molar-refractivity contribution in [1.29, 1.82) is 0 Å². The standard InChI is InChI=1S/C20H21FN4/c21-16-5-4-15-6-10-23-20(19(15)13-16)24-17-7-11-25(12-8-17)14-18-3-1-2-9-22-18/h1-6,9-10,13,17H,7-8,11-12,14H2,(H,23,24).